The van der Waals surface area contributed by atoms with Gasteiger partial charge in [-0.05, 0) is 18.2 Å². The molecular formula is C18H19ClN2O2. The number of rotatable bonds is 7. The van der Waals surface area contributed by atoms with E-state index in [1.807, 2.05) is 60.7 Å². The number of nitrogens with zero attached hydrogens (tertiary/aromatic N) is 1. The Kier molecular flexibility index (Phi) is 6.66. The minimum absolute atomic E-state index is 0. The zero-order valence-electron chi connectivity index (χ0n) is 12.6. The van der Waals surface area contributed by atoms with Crippen molar-refractivity contribution in [3.05, 3.63) is 72.6 Å². The third kappa shape index (κ3) is 5.13. The minimum Gasteiger partial charge on any atom is -0.476 e. The Labute approximate surface area is 141 Å². The van der Waals surface area contributed by atoms with Crippen molar-refractivity contribution in [3.8, 4) is 17.2 Å². The quantitative estimate of drug-likeness (QED) is 0.667. The topological polar surface area (TPSA) is 47.3 Å². The summed E-state index contributed by atoms with van der Waals surface area (Å²) >= 11 is 0. The van der Waals surface area contributed by atoms with Crippen molar-refractivity contribution in [2.75, 3.05) is 13.2 Å². The molecule has 0 radical (unpaired) electrons. The highest BCUT2D eigenvalue weighted by atomic mass is 35.5. The van der Waals surface area contributed by atoms with Gasteiger partial charge in [-0.2, -0.15) is 0 Å². The molecule has 2 heterocycles. The lowest BCUT2D eigenvalue weighted by atomic mass is 10.2. The average Bonchev–Trinajstić information content (AvgIpc) is 3.05. The Morgan fingerprint density at radius 1 is 0.957 bits per heavy atom. The third-order valence-electron chi connectivity index (χ3n) is 3.19. The molecule has 3 rings (SSSR count). The van der Waals surface area contributed by atoms with Gasteiger partial charge in [0.05, 0.1) is 6.54 Å². The van der Waals surface area contributed by atoms with Gasteiger partial charge in [-0.25, -0.2) is 4.98 Å². The minimum atomic E-state index is 0. The Bertz CT molecular complexity index is 687. The zero-order chi connectivity index (χ0) is 15.0. The zero-order valence-corrected chi connectivity index (χ0v) is 13.5. The number of hydrogen-bond donors (Lipinski definition) is 1. The number of halogens is 1. The van der Waals surface area contributed by atoms with E-state index < -0.39 is 0 Å². The van der Waals surface area contributed by atoms with Crippen molar-refractivity contribution in [3.63, 3.8) is 0 Å². The summed E-state index contributed by atoms with van der Waals surface area (Å²) in [5.74, 6) is 2.45. The summed E-state index contributed by atoms with van der Waals surface area (Å²) < 4.78 is 11.3. The molecule has 0 saturated carbocycles. The Balaban J connectivity index is 0.00000192. The van der Waals surface area contributed by atoms with Crippen LogP contribution in [0.2, 0.25) is 0 Å². The Hall–Kier alpha value is -2.30. The van der Waals surface area contributed by atoms with E-state index in [9.17, 15) is 0 Å². The van der Waals surface area contributed by atoms with E-state index in [4.69, 9.17) is 9.15 Å². The molecule has 120 valence electrons. The molecule has 3 aromatic rings. The number of aromatic nitrogens is 1. The standard InChI is InChI=1S/C18H18N2O2.ClH/c1-2-6-15(7-3-1)17-10-9-16(22-17)14-19-12-13-21-18-8-4-5-11-20-18;/h1-11,19H,12-14H2;1H. The predicted molar refractivity (Wildman–Crippen MR) is 92.8 cm³/mol. The van der Waals surface area contributed by atoms with Crippen LogP contribution in [0.1, 0.15) is 5.76 Å². The van der Waals surface area contributed by atoms with Gasteiger partial charge in [0, 0.05) is 24.4 Å². The first-order valence-corrected chi connectivity index (χ1v) is 7.30. The first-order chi connectivity index (χ1) is 10.9. The Morgan fingerprint density at radius 3 is 2.57 bits per heavy atom. The summed E-state index contributed by atoms with van der Waals surface area (Å²) in [6, 6.07) is 19.7. The second-order valence-electron chi connectivity index (χ2n) is 4.83. The molecule has 0 aliphatic carbocycles. The van der Waals surface area contributed by atoms with Crippen LogP contribution in [0.4, 0.5) is 0 Å². The molecule has 0 fully saturated rings. The second kappa shape index (κ2) is 8.98. The van der Waals surface area contributed by atoms with Gasteiger partial charge in [-0.15, -0.1) is 12.4 Å². The molecule has 5 heteroatoms. The van der Waals surface area contributed by atoms with E-state index in [2.05, 4.69) is 10.3 Å². The van der Waals surface area contributed by atoms with Gasteiger partial charge in [-0.3, -0.25) is 0 Å². The van der Waals surface area contributed by atoms with Gasteiger partial charge in [0.25, 0.3) is 0 Å². The molecule has 23 heavy (non-hydrogen) atoms. The van der Waals surface area contributed by atoms with Crippen molar-refractivity contribution in [2.24, 2.45) is 0 Å². The molecule has 0 atom stereocenters. The summed E-state index contributed by atoms with van der Waals surface area (Å²) in [6.07, 6.45) is 1.72. The highest BCUT2D eigenvalue weighted by Gasteiger charge is 2.03. The number of hydrogen-bond acceptors (Lipinski definition) is 4. The van der Waals surface area contributed by atoms with Crippen molar-refractivity contribution >= 4 is 12.4 Å². The third-order valence-corrected chi connectivity index (χ3v) is 3.19. The van der Waals surface area contributed by atoms with Crippen LogP contribution in [0, 0.1) is 0 Å². The van der Waals surface area contributed by atoms with E-state index in [0.717, 1.165) is 23.6 Å². The van der Waals surface area contributed by atoms with Crippen LogP contribution in [0.3, 0.4) is 0 Å². The van der Waals surface area contributed by atoms with Gasteiger partial charge >= 0.3 is 0 Å². The van der Waals surface area contributed by atoms with Gasteiger partial charge < -0.3 is 14.5 Å². The highest BCUT2D eigenvalue weighted by molar-refractivity contribution is 5.85. The molecule has 1 aromatic carbocycles. The molecular weight excluding hydrogens is 312 g/mol. The van der Waals surface area contributed by atoms with E-state index >= 15 is 0 Å². The maximum absolute atomic E-state index is 5.82. The molecule has 2 aromatic heterocycles. The highest BCUT2D eigenvalue weighted by Crippen LogP contribution is 2.21. The van der Waals surface area contributed by atoms with Gasteiger partial charge in [0.2, 0.25) is 5.88 Å². The smallest absolute Gasteiger partial charge is 0.213 e. The number of ether oxygens (including phenoxy) is 1. The summed E-state index contributed by atoms with van der Waals surface area (Å²) in [5.41, 5.74) is 1.09. The van der Waals surface area contributed by atoms with Crippen LogP contribution < -0.4 is 10.1 Å². The molecule has 0 spiro atoms. The number of nitrogens with one attached hydrogen (secondary N) is 1. The van der Waals surface area contributed by atoms with Gasteiger partial charge in [0.15, 0.2) is 0 Å². The van der Waals surface area contributed by atoms with Crippen molar-refractivity contribution in [1.29, 1.82) is 0 Å². The largest absolute Gasteiger partial charge is 0.476 e. The lowest BCUT2D eigenvalue weighted by Crippen LogP contribution is -2.20. The van der Waals surface area contributed by atoms with E-state index in [1.54, 1.807) is 6.20 Å². The second-order valence-corrected chi connectivity index (χ2v) is 4.83. The molecule has 0 aliphatic heterocycles. The number of pyridine rings is 1. The summed E-state index contributed by atoms with van der Waals surface area (Å²) in [5, 5.41) is 3.29. The lowest BCUT2D eigenvalue weighted by molar-refractivity contribution is 0.300. The van der Waals surface area contributed by atoms with E-state index in [1.165, 1.54) is 0 Å². The number of benzene rings is 1. The summed E-state index contributed by atoms with van der Waals surface area (Å²) in [7, 11) is 0. The van der Waals surface area contributed by atoms with Crippen LogP contribution in [0.5, 0.6) is 5.88 Å². The van der Waals surface area contributed by atoms with Crippen LogP contribution in [0.25, 0.3) is 11.3 Å². The van der Waals surface area contributed by atoms with Crippen LogP contribution in [-0.4, -0.2) is 18.1 Å². The molecule has 1 N–H and O–H groups in total. The van der Waals surface area contributed by atoms with E-state index in [-0.39, 0.29) is 12.4 Å². The molecule has 0 unspecified atom stereocenters. The first kappa shape index (κ1) is 17.1. The fourth-order valence-corrected chi connectivity index (χ4v) is 2.10. The van der Waals surface area contributed by atoms with E-state index in [0.29, 0.717) is 19.0 Å². The fourth-order valence-electron chi connectivity index (χ4n) is 2.10. The summed E-state index contributed by atoms with van der Waals surface area (Å²) in [6.45, 7) is 1.99. The van der Waals surface area contributed by atoms with Crippen molar-refractivity contribution in [1.82, 2.24) is 10.3 Å². The lowest BCUT2D eigenvalue weighted by Gasteiger charge is -2.05. The molecule has 0 aliphatic rings. The number of furan rings is 1. The predicted octanol–water partition coefficient (Wildman–Crippen LogP) is 3.93. The first-order valence-electron chi connectivity index (χ1n) is 7.30. The maximum atomic E-state index is 5.82. The monoisotopic (exact) mass is 330 g/mol. The Morgan fingerprint density at radius 2 is 1.78 bits per heavy atom. The molecule has 0 bridgehead atoms. The van der Waals surface area contributed by atoms with Gasteiger partial charge in [-0.1, -0.05) is 36.4 Å². The van der Waals surface area contributed by atoms with Crippen molar-refractivity contribution < 1.29 is 9.15 Å². The normalized spacial score (nSPS) is 10.1. The van der Waals surface area contributed by atoms with Crippen LogP contribution >= 0.6 is 12.4 Å². The van der Waals surface area contributed by atoms with Gasteiger partial charge in [0.1, 0.15) is 18.1 Å². The summed E-state index contributed by atoms with van der Waals surface area (Å²) in [4.78, 5) is 4.10. The molecule has 4 nitrogen and oxygen atoms in total. The van der Waals surface area contributed by atoms with Crippen LogP contribution in [-0.2, 0) is 6.54 Å². The van der Waals surface area contributed by atoms with Crippen LogP contribution in [0.15, 0.2) is 71.3 Å². The molecule has 0 saturated heterocycles. The fraction of sp³-hybridized carbons (Fsp3) is 0.167. The van der Waals surface area contributed by atoms with Crippen molar-refractivity contribution in [2.45, 2.75) is 6.54 Å². The molecule has 0 amide bonds. The average molecular weight is 331 g/mol. The SMILES string of the molecule is Cl.c1ccc(-c2ccc(CNCCOc3ccccn3)o2)cc1. The maximum Gasteiger partial charge on any atom is 0.213 e.